The fourth-order valence-corrected chi connectivity index (χ4v) is 2.41. The predicted octanol–water partition coefficient (Wildman–Crippen LogP) is 4.67. The summed E-state index contributed by atoms with van der Waals surface area (Å²) in [6.07, 6.45) is 0. The molecule has 0 radical (unpaired) electrons. The molecule has 19 heavy (non-hydrogen) atoms. The molecule has 1 N–H and O–H groups in total. The Balaban J connectivity index is 2.42. The molecular formula is C17H21NO. The van der Waals surface area contributed by atoms with Gasteiger partial charge in [0.25, 0.3) is 0 Å². The maximum absolute atomic E-state index is 5.44. The summed E-state index contributed by atoms with van der Waals surface area (Å²) in [6.45, 7) is 8.44. The number of hydrogen-bond donors (Lipinski definition) is 1. The normalized spacial score (nSPS) is 10.4. The molecule has 0 saturated carbocycles. The highest BCUT2D eigenvalue weighted by Crippen LogP contribution is 2.32. The highest BCUT2D eigenvalue weighted by molar-refractivity contribution is 5.71. The van der Waals surface area contributed by atoms with Crippen LogP contribution >= 0.6 is 0 Å². The summed E-state index contributed by atoms with van der Waals surface area (Å²) in [4.78, 5) is 0. The molecule has 100 valence electrons. The third-order valence-electron chi connectivity index (χ3n) is 3.29. The van der Waals surface area contributed by atoms with Gasteiger partial charge in [0.2, 0.25) is 0 Å². The molecule has 0 atom stereocenters. The Labute approximate surface area is 115 Å². The highest BCUT2D eigenvalue weighted by atomic mass is 16.5. The van der Waals surface area contributed by atoms with Crippen LogP contribution < -0.4 is 10.1 Å². The van der Waals surface area contributed by atoms with Gasteiger partial charge in [-0.05, 0) is 56.5 Å². The van der Waals surface area contributed by atoms with Gasteiger partial charge in [-0.3, -0.25) is 0 Å². The Bertz CT molecular complexity index is 579. The number of hydrogen-bond acceptors (Lipinski definition) is 2. The number of methoxy groups -OCH3 is 1. The van der Waals surface area contributed by atoms with Crippen LogP contribution in [0.25, 0.3) is 0 Å². The molecule has 2 nitrogen and oxygen atoms in total. The van der Waals surface area contributed by atoms with Gasteiger partial charge in [0.05, 0.1) is 12.8 Å². The molecule has 0 aromatic heterocycles. The van der Waals surface area contributed by atoms with Gasteiger partial charge in [0, 0.05) is 5.69 Å². The van der Waals surface area contributed by atoms with Crippen LogP contribution in [0.15, 0.2) is 30.3 Å². The fourth-order valence-electron chi connectivity index (χ4n) is 2.41. The molecule has 0 saturated heterocycles. The van der Waals surface area contributed by atoms with Crippen LogP contribution in [0.2, 0.25) is 0 Å². The van der Waals surface area contributed by atoms with Crippen molar-refractivity contribution in [1.82, 2.24) is 0 Å². The molecule has 0 aliphatic heterocycles. The van der Waals surface area contributed by atoms with Gasteiger partial charge in [0.15, 0.2) is 0 Å². The lowest BCUT2D eigenvalue weighted by molar-refractivity contribution is 0.416. The van der Waals surface area contributed by atoms with E-state index >= 15 is 0 Å². The monoisotopic (exact) mass is 255 g/mol. The Kier molecular flexibility index (Phi) is 3.79. The van der Waals surface area contributed by atoms with Crippen molar-refractivity contribution in [1.29, 1.82) is 0 Å². The van der Waals surface area contributed by atoms with Crippen molar-refractivity contribution >= 4 is 11.4 Å². The molecule has 2 aromatic carbocycles. The van der Waals surface area contributed by atoms with E-state index in [4.69, 9.17) is 4.74 Å². The summed E-state index contributed by atoms with van der Waals surface area (Å²) in [5, 5.41) is 3.49. The zero-order chi connectivity index (χ0) is 14.0. The van der Waals surface area contributed by atoms with E-state index in [9.17, 15) is 0 Å². The number of aryl methyl sites for hydroxylation is 4. The highest BCUT2D eigenvalue weighted by Gasteiger charge is 2.08. The second-order valence-corrected chi connectivity index (χ2v) is 5.10. The lowest BCUT2D eigenvalue weighted by atomic mass is 10.0. The molecule has 0 aliphatic carbocycles. The van der Waals surface area contributed by atoms with Crippen molar-refractivity contribution < 1.29 is 4.74 Å². The second kappa shape index (κ2) is 5.35. The summed E-state index contributed by atoms with van der Waals surface area (Å²) < 4.78 is 5.44. The average molecular weight is 255 g/mol. The second-order valence-electron chi connectivity index (χ2n) is 5.10. The Morgan fingerprint density at radius 1 is 0.842 bits per heavy atom. The van der Waals surface area contributed by atoms with Crippen molar-refractivity contribution in [3.63, 3.8) is 0 Å². The molecule has 0 bridgehead atoms. The summed E-state index contributed by atoms with van der Waals surface area (Å²) in [6, 6.07) is 10.6. The third kappa shape index (κ3) is 2.90. The van der Waals surface area contributed by atoms with E-state index in [0.29, 0.717) is 0 Å². The standard InChI is InChI=1S/C17H21NO/c1-11-6-7-15(16(10-11)19-5)18-17-13(3)8-12(2)9-14(17)4/h6-10,18H,1-5H3. The number of rotatable bonds is 3. The maximum Gasteiger partial charge on any atom is 0.142 e. The molecule has 2 heteroatoms. The van der Waals surface area contributed by atoms with Crippen LogP contribution in [0, 0.1) is 27.7 Å². The number of benzene rings is 2. The van der Waals surface area contributed by atoms with Crippen molar-refractivity contribution in [3.05, 3.63) is 52.6 Å². The first-order valence-corrected chi connectivity index (χ1v) is 6.51. The van der Waals surface area contributed by atoms with Crippen molar-refractivity contribution in [2.45, 2.75) is 27.7 Å². The zero-order valence-electron chi connectivity index (χ0n) is 12.3. The molecule has 0 amide bonds. The molecule has 0 fully saturated rings. The van der Waals surface area contributed by atoms with Crippen LogP contribution in [0.5, 0.6) is 5.75 Å². The lowest BCUT2D eigenvalue weighted by Crippen LogP contribution is -1.99. The average Bonchev–Trinajstić information content (AvgIpc) is 2.35. The number of ether oxygens (including phenoxy) is 1. The number of anilines is 2. The smallest absolute Gasteiger partial charge is 0.142 e. The minimum Gasteiger partial charge on any atom is -0.495 e. The van der Waals surface area contributed by atoms with Crippen LogP contribution in [0.3, 0.4) is 0 Å². The zero-order valence-corrected chi connectivity index (χ0v) is 12.3. The van der Waals surface area contributed by atoms with Crippen LogP contribution in [-0.4, -0.2) is 7.11 Å². The first kappa shape index (κ1) is 13.5. The van der Waals surface area contributed by atoms with Crippen LogP contribution in [0.1, 0.15) is 22.3 Å². The molecule has 0 spiro atoms. The lowest BCUT2D eigenvalue weighted by Gasteiger charge is -2.16. The van der Waals surface area contributed by atoms with Crippen molar-refractivity contribution in [3.8, 4) is 5.75 Å². The van der Waals surface area contributed by atoms with Crippen molar-refractivity contribution in [2.75, 3.05) is 12.4 Å². The van der Waals surface area contributed by atoms with E-state index in [1.165, 1.54) is 22.3 Å². The Morgan fingerprint density at radius 2 is 1.47 bits per heavy atom. The minimum atomic E-state index is 0.874. The first-order chi connectivity index (χ1) is 9.01. The van der Waals surface area contributed by atoms with Gasteiger partial charge in [0.1, 0.15) is 5.75 Å². The van der Waals surface area contributed by atoms with E-state index in [1.807, 2.05) is 6.07 Å². The quantitative estimate of drug-likeness (QED) is 0.860. The van der Waals surface area contributed by atoms with E-state index in [2.05, 4.69) is 57.3 Å². The van der Waals surface area contributed by atoms with Gasteiger partial charge < -0.3 is 10.1 Å². The fraction of sp³-hybridized carbons (Fsp3) is 0.294. The molecule has 2 rings (SSSR count). The van der Waals surface area contributed by atoms with Crippen molar-refractivity contribution in [2.24, 2.45) is 0 Å². The topological polar surface area (TPSA) is 21.3 Å². The van der Waals surface area contributed by atoms with Gasteiger partial charge in [-0.15, -0.1) is 0 Å². The Hall–Kier alpha value is -1.96. The minimum absolute atomic E-state index is 0.874. The SMILES string of the molecule is COc1cc(C)ccc1Nc1c(C)cc(C)cc1C. The largest absolute Gasteiger partial charge is 0.495 e. The van der Waals surface area contributed by atoms with Gasteiger partial charge in [-0.1, -0.05) is 23.8 Å². The van der Waals surface area contributed by atoms with E-state index in [1.54, 1.807) is 7.11 Å². The molecule has 0 aliphatic rings. The van der Waals surface area contributed by atoms with Gasteiger partial charge >= 0.3 is 0 Å². The van der Waals surface area contributed by atoms with E-state index in [-0.39, 0.29) is 0 Å². The number of nitrogens with one attached hydrogen (secondary N) is 1. The molecule has 0 heterocycles. The molecule has 0 unspecified atom stereocenters. The molecular weight excluding hydrogens is 234 g/mol. The van der Waals surface area contributed by atoms with Gasteiger partial charge in [-0.2, -0.15) is 0 Å². The third-order valence-corrected chi connectivity index (χ3v) is 3.29. The maximum atomic E-state index is 5.44. The summed E-state index contributed by atoms with van der Waals surface area (Å²) in [7, 11) is 1.70. The Morgan fingerprint density at radius 3 is 2.05 bits per heavy atom. The molecule has 2 aromatic rings. The van der Waals surface area contributed by atoms with Crippen LogP contribution in [0.4, 0.5) is 11.4 Å². The van der Waals surface area contributed by atoms with Gasteiger partial charge in [-0.25, -0.2) is 0 Å². The van der Waals surface area contributed by atoms with E-state index in [0.717, 1.165) is 17.1 Å². The summed E-state index contributed by atoms with van der Waals surface area (Å²) in [5.41, 5.74) is 7.15. The summed E-state index contributed by atoms with van der Waals surface area (Å²) >= 11 is 0. The van der Waals surface area contributed by atoms with E-state index < -0.39 is 0 Å². The van der Waals surface area contributed by atoms with Crippen LogP contribution in [-0.2, 0) is 0 Å². The predicted molar refractivity (Wildman–Crippen MR) is 81.7 cm³/mol. The summed E-state index contributed by atoms with van der Waals surface area (Å²) in [5.74, 6) is 0.874. The first-order valence-electron chi connectivity index (χ1n) is 6.51.